The van der Waals surface area contributed by atoms with E-state index < -0.39 is 0 Å². The van der Waals surface area contributed by atoms with Crippen molar-refractivity contribution in [1.29, 1.82) is 0 Å². The Hall–Kier alpha value is -1.24. The minimum Gasteiger partial charge on any atom is -0.498 e. The van der Waals surface area contributed by atoms with Crippen LogP contribution in [0.5, 0.6) is 0 Å². The quantitative estimate of drug-likeness (QED) is 0.638. The fraction of sp³-hybridized carbons (Fsp3) is 0.333. The lowest BCUT2D eigenvalue weighted by molar-refractivity contribution is 0.224. The predicted octanol–water partition coefficient (Wildman–Crippen LogP) is 3.47. The molecule has 70 valence electrons. The standard InChI is InChI=1S/C12H16O/c1-3-12(13-4-2)10-11-8-6-5-7-9-11/h5-10H,3-4H2,1-2H3. The molecule has 0 heterocycles. The maximum atomic E-state index is 5.46. The molecule has 1 heteroatoms. The fourth-order valence-corrected chi connectivity index (χ4v) is 1.17. The Kier molecular flexibility index (Phi) is 4.10. The van der Waals surface area contributed by atoms with Crippen LogP contribution in [0.25, 0.3) is 6.08 Å². The summed E-state index contributed by atoms with van der Waals surface area (Å²) in [5.41, 5.74) is 1.20. The van der Waals surface area contributed by atoms with Gasteiger partial charge in [-0.15, -0.1) is 0 Å². The highest BCUT2D eigenvalue weighted by atomic mass is 16.5. The van der Waals surface area contributed by atoms with Crippen LogP contribution in [0.3, 0.4) is 0 Å². The van der Waals surface area contributed by atoms with Crippen molar-refractivity contribution in [3.05, 3.63) is 41.7 Å². The maximum Gasteiger partial charge on any atom is 0.0962 e. The molecule has 0 N–H and O–H groups in total. The van der Waals surface area contributed by atoms with Crippen LogP contribution in [-0.2, 0) is 4.74 Å². The molecule has 1 nitrogen and oxygen atoms in total. The Balaban J connectivity index is 2.73. The Morgan fingerprint density at radius 1 is 1.23 bits per heavy atom. The Labute approximate surface area is 80.0 Å². The van der Waals surface area contributed by atoms with Crippen molar-refractivity contribution < 1.29 is 4.74 Å². The number of allylic oxidation sites excluding steroid dienone is 1. The van der Waals surface area contributed by atoms with Crippen molar-refractivity contribution in [2.75, 3.05) is 6.61 Å². The van der Waals surface area contributed by atoms with Gasteiger partial charge in [-0.1, -0.05) is 37.3 Å². The molecule has 0 aliphatic rings. The smallest absolute Gasteiger partial charge is 0.0962 e. The lowest BCUT2D eigenvalue weighted by Gasteiger charge is -2.05. The first-order valence-electron chi connectivity index (χ1n) is 4.75. The van der Waals surface area contributed by atoms with E-state index >= 15 is 0 Å². The molecular formula is C12H16O. The average molecular weight is 176 g/mol. The van der Waals surface area contributed by atoms with Gasteiger partial charge >= 0.3 is 0 Å². The molecule has 0 amide bonds. The minimum atomic E-state index is 0.743. The number of ether oxygens (including phenoxy) is 1. The van der Waals surface area contributed by atoms with Crippen molar-refractivity contribution in [1.82, 2.24) is 0 Å². The van der Waals surface area contributed by atoms with E-state index in [4.69, 9.17) is 4.74 Å². The number of hydrogen-bond donors (Lipinski definition) is 0. The van der Waals surface area contributed by atoms with Gasteiger partial charge in [-0.05, 0) is 18.6 Å². The zero-order chi connectivity index (χ0) is 9.52. The topological polar surface area (TPSA) is 9.23 Å². The van der Waals surface area contributed by atoms with Crippen LogP contribution in [0, 0.1) is 0 Å². The summed E-state index contributed by atoms with van der Waals surface area (Å²) in [4.78, 5) is 0. The first-order valence-corrected chi connectivity index (χ1v) is 4.75. The van der Waals surface area contributed by atoms with Gasteiger partial charge in [0.1, 0.15) is 0 Å². The van der Waals surface area contributed by atoms with Crippen molar-refractivity contribution in [2.24, 2.45) is 0 Å². The van der Waals surface area contributed by atoms with E-state index in [0.29, 0.717) is 0 Å². The van der Waals surface area contributed by atoms with Gasteiger partial charge in [-0.25, -0.2) is 0 Å². The highest BCUT2D eigenvalue weighted by molar-refractivity contribution is 5.50. The van der Waals surface area contributed by atoms with Crippen LogP contribution < -0.4 is 0 Å². The fourth-order valence-electron chi connectivity index (χ4n) is 1.17. The van der Waals surface area contributed by atoms with Crippen molar-refractivity contribution >= 4 is 6.08 Å². The molecule has 0 saturated heterocycles. The Bertz CT molecular complexity index is 262. The second kappa shape index (κ2) is 5.41. The second-order valence-electron chi connectivity index (χ2n) is 2.81. The van der Waals surface area contributed by atoms with Gasteiger partial charge in [-0.3, -0.25) is 0 Å². The highest BCUT2D eigenvalue weighted by Gasteiger charge is 1.93. The van der Waals surface area contributed by atoms with Crippen LogP contribution in [0.1, 0.15) is 25.8 Å². The first kappa shape index (κ1) is 9.85. The van der Waals surface area contributed by atoms with Gasteiger partial charge in [0, 0.05) is 6.42 Å². The number of rotatable bonds is 4. The van der Waals surface area contributed by atoms with E-state index in [1.807, 2.05) is 25.1 Å². The summed E-state index contributed by atoms with van der Waals surface area (Å²) in [6, 6.07) is 10.2. The molecule has 0 atom stereocenters. The molecule has 0 bridgehead atoms. The predicted molar refractivity (Wildman–Crippen MR) is 56.3 cm³/mol. The van der Waals surface area contributed by atoms with Crippen LogP contribution in [-0.4, -0.2) is 6.61 Å². The third-order valence-corrected chi connectivity index (χ3v) is 1.81. The third kappa shape index (κ3) is 3.32. The third-order valence-electron chi connectivity index (χ3n) is 1.81. The van der Waals surface area contributed by atoms with E-state index in [-0.39, 0.29) is 0 Å². The second-order valence-corrected chi connectivity index (χ2v) is 2.81. The molecule has 0 saturated carbocycles. The van der Waals surface area contributed by atoms with Crippen molar-refractivity contribution in [3.8, 4) is 0 Å². The van der Waals surface area contributed by atoms with Gasteiger partial charge in [0.2, 0.25) is 0 Å². The van der Waals surface area contributed by atoms with Crippen LogP contribution in [0.4, 0.5) is 0 Å². The lowest BCUT2D eigenvalue weighted by atomic mass is 10.2. The summed E-state index contributed by atoms with van der Waals surface area (Å²) in [7, 11) is 0. The van der Waals surface area contributed by atoms with Crippen molar-refractivity contribution in [3.63, 3.8) is 0 Å². The van der Waals surface area contributed by atoms with Crippen LogP contribution in [0.15, 0.2) is 36.1 Å². The van der Waals surface area contributed by atoms with Gasteiger partial charge in [-0.2, -0.15) is 0 Å². The van der Waals surface area contributed by atoms with E-state index in [1.165, 1.54) is 5.56 Å². The Morgan fingerprint density at radius 2 is 1.92 bits per heavy atom. The molecule has 1 aromatic rings. The number of hydrogen-bond acceptors (Lipinski definition) is 1. The summed E-state index contributed by atoms with van der Waals surface area (Å²) in [5.74, 6) is 1.05. The summed E-state index contributed by atoms with van der Waals surface area (Å²) in [6.45, 7) is 4.85. The van der Waals surface area contributed by atoms with E-state index in [9.17, 15) is 0 Å². The summed E-state index contributed by atoms with van der Waals surface area (Å²) in [5, 5.41) is 0. The molecular weight excluding hydrogens is 160 g/mol. The van der Waals surface area contributed by atoms with Gasteiger partial charge in [0.05, 0.1) is 12.4 Å². The van der Waals surface area contributed by atoms with E-state index in [2.05, 4.69) is 25.1 Å². The molecule has 1 aromatic carbocycles. The molecule has 0 aliphatic heterocycles. The summed E-state index contributed by atoms with van der Waals surface area (Å²) < 4.78 is 5.46. The summed E-state index contributed by atoms with van der Waals surface area (Å²) >= 11 is 0. The molecule has 0 aromatic heterocycles. The van der Waals surface area contributed by atoms with Crippen LogP contribution in [0.2, 0.25) is 0 Å². The van der Waals surface area contributed by atoms with Gasteiger partial charge in [0.25, 0.3) is 0 Å². The SMILES string of the molecule is CCOC(=Cc1ccccc1)CC. The summed E-state index contributed by atoms with van der Waals surface area (Å²) in [6.07, 6.45) is 3.03. The molecule has 0 unspecified atom stereocenters. The lowest BCUT2D eigenvalue weighted by Crippen LogP contribution is -1.89. The average Bonchev–Trinajstić information content (AvgIpc) is 2.19. The zero-order valence-corrected chi connectivity index (χ0v) is 8.29. The van der Waals surface area contributed by atoms with Gasteiger partial charge < -0.3 is 4.74 Å². The maximum absolute atomic E-state index is 5.46. The van der Waals surface area contributed by atoms with E-state index in [0.717, 1.165) is 18.8 Å². The normalized spacial score (nSPS) is 11.4. The molecule has 1 rings (SSSR count). The molecule has 0 fully saturated rings. The van der Waals surface area contributed by atoms with E-state index in [1.54, 1.807) is 0 Å². The largest absolute Gasteiger partial charge is 0.498 e. The highest BCUT2D eigenvalue weighted by Crippen LogP contribution is 2.10. The molecule has 0 radical (unpaired) electrons. The minimum absolute atomic E-state index is 0.743. The van der Waals surface area contributed by atoms with Crippen LogP contribution >= 0.6 is 0 Å². The Morgan fingerprint density at radius 3 is 2.46 bits per heavy atom. The van der Waals surface area contributed by atoms with Crippen molar-refractivity contribution in [2.45, 2.75) is 20.3 Å². The first-order chi connectivity index (χ1) is 6.36. The zero-order valence-electron chi connectivity index (χ0n) is 8.29. The van der Waals surface area contributed by atoms with Gasteiger partial charge in [0.15, 0.2) is 0 Å². The number of benzene rings is 1. The molecule has 0 aliphatic carbocycles. The molecule has 13 heavy (non-hydrogen) atoms. The monoisotopic (exact) mass is 176 g/mol. The molecule has 0 spiro atoms.